The second-order valence-corrected chi connectivity index (χ2v) is 6.79. The highest BCUT2D eigenvalue weighted by atomic mass is 16.6. The SMILES string of the molecule is CC(=O)Nc1cc2c(cc1[N+](=O)[O-])OC(C)(C)[C@H](O)[C@H]2NC(C)C.CO. The van der Waals surface area contributed by atoms with E-state index in [1.807, 2.05) is 13.8 Å². The van der Waals surface area contributed by atoms with E-state index < -0.39 is 28.6 Å². The van der Waals surface area contributed by atoms with Crippen molar-refractivity contribution in [3.63, 3.8) is 0 Å². The van der Waals surface area contributed by atoms with Crippen LogP contribution in [0.5, 0.6) is 5.75 Å². The van der Waals surface area contributed by atoms with E-state index in [1.54, 1.807) is 13.8 Å². The molecule has 9 heteroatoms. The number of hydrogen-bond donors (Lipinski definition) is 4. The topological polar surface area (TPSA) is 134 Å². The Labute approximate surface area is 152 Å². The van der Waals surface area contributed by atoms with Crippen LogP contribution < -0.4 is 15.4 Å². The second kappa shape index (κ2) is 8.43. The Kier molecular flexibility index (Phi) is 7.08. The summed E-state index contributed by atoms with van der Waals surface area (Å²) in [5, 5.41) is 34.7. The minimum Gasteiger partial charge on any atom is -0.484 e. The molecule has 0 unspecified atom stereocenters. The van der Waals surface area contributed by atoms with E-state index >= 15 is 0 Å². The normalized spacial score (nSPS) is 20.3. The van der Waals surface area contributed by atoms with E-state index in [4.69, 9.17) is 9.84 Å². The Morgan fingerprint density at radius 1 is 1.35 bits per heavy atom. The lowest BCUT2D eigenvalue weighted by Crippen LogP contribution is -2.53. The minimum atomic E-state index is -0.914. The molecule has 0 saturated carbocycles. The number of anilines is 1. The molecule has 4 N–H and O–H groups in total. The van der Waals surface area contributed by atoms with Crippen molar-refractivity contribution < 1.29 is 24.7 Å². The molecule has 0 fully saturated rings. The molecule has 1 aromatic rings. The molecule has 26 heavy (non-hydrogen) atoms. The van der Waals surface area contributed by atoms with Crippen LogP contribution in [0.25, 0.3) is 0 Å². The molecule has 1 aliphatic heterocycles. The molecule has 1 aliphatic rings. The number of nitrogens with one attached hydrogen (secondary N) is 2. The quantitative estimate of drug-likeness (QED) is 0.469. The fraction of sp³-hybridized carbons (Fsp3) is 0.588. The summed E-state index contributed by atoms with van der Waals surface area (Å²) < 4.78 is 5.79. The fourth-order valence-corrected chi connectivity index (χ4v) is 2.81. The lowest BCUT2D eigenvalue weighted by atomic mass is 9.85. The molecule has 1 heterocycles. The number of rotatable bonds is 4. The predicted molar refractivity (Wildman–Crippen MR) is 97.3 cm³/mol. The van der Waals surface area contributed by atoms with Gasteiger partial charge in [-0.1, -0.05) is 13.8 Å². The largest absolute Gasteiger partial charge is 0.484 e. The minimum absolute atomic E-state index is 0.0748. The van der Waals surface area contributed by atoms with E-state index in [1.165, 1.54) is 19.1 Å². The van der Waals surface area contributed by atoms with Crippen LogP contribution in [0.2, 0.25) is 0 Å². The standard InChI is InChI=1S/C16H23N3O5.CH4O/c1-8(2)17-14-10-6-11(18-9(3)20)12(19(22)23)7-13(10)24-16(4,5)15(14)21;1-2/h6-8,14-15,17,21H,1-5H3,(H,18,20);2H,1H3/t14-,15+;/m0./s1. The Morgan fingerprint density at radius 2 is 1.92 bits per heavy atom. The molecule has 0 spiro atoms. The molecular formula is C17H27N3O6. The molecule has 1 aromatic carbocycles. The number of amides is 1. The molecule has 0 radical (unpaired) electrons. The number of carbonyl (C=O) groups excluding carboxylic acids is 1. The van der Waals surface area contributed by atoms with Crippen LogP contribution in [0.1, 0.15) is 46.2 Å². The zero-order valence-electron chi connectivity index (χ0n) is 15.9. The van der Waals surface area contributed by atoms with Gasteiger partial charge in [-0.05, 0) is 19.9 Å². The zero-order valence-corrected chi connectivity index (χ0v) is 15.9. The molecule has 0 bridgehead atoms. The first kappa shape index (κ1) is 21.8. The number of hydrogen-bond acceptors (Lipinski definition) is 7. The van der Waals surface area contributed by atoms with Gasteiger partial charge in [0.15, 0.2) is 0 Å². The van der Waals surface area contributed by atoms with E-state index in [0.29, 0.717) is 11.3 Å². The van der Waals surface area contributed by atoms with Gasteiger partial charge in [0.25, 0.3) is 5.69 Å². The number of fused-ring (bicyclic) bond motifs is 1. The maximum absolute atomic E-state index is 11.4. The molecular weight excluding hydrogens is 342 g/mol. The first-order chi connectivity index (χ1) is 12.0. The predicted octanol–water partition coefficient (Wildman–Crippen LogP) is 1.73. The molecule has 146 valence electrons. The maximum atomic E-state index is 11.4. The van der Waals surface area contributed by atoms with Crippen LogP contribution in [-0.4, -0.2) is 45.9 Å². The summed E-state index contributed by atoms with van der Waals surface area (Å²) in [6.07, 6.45) is -0.862. The number of nitrogens with zero attached hydrogens (tertiary/aromatic N) is 1. The van der Waals surface area contributed by atoms with Crippen molar-refractivity contribution in [2.45, 2.75) is 58.4 Å². The van der Waals surface area contributed by atoms with Crippen molar-refractivity contribution in [3.05, 3.63) is 27.8 Å². The third-order valence-corrected chi connectivity index (χ3v) is 3.88. The Bertz CT molecular complexity index is 675. The molecule has 0 aliphatic carbocycles. The maximum Gasteiger partial charge on any atom is 0.296 e. The highest BCUT2D eigenvalue weighted by molar-refractivity contribution is 5.91. The van der Waals surface area contributed by atoms with Gasteiger partial charge in [-0.15, -0.1) is 0 Å². The number of benzene rings is 1. The average molecular weight is 369 g/mol. The van der Waals surface area contributed by atoms with Crippen LogP contribution in [0.4, 0.5) is 11.4 Å². The fourth-order valence-electron chi connectivity index (χ4n) is 2.81. The Balaban J connectivity index is 0.00000163. The summed E-state index contributed by atoms with van der Waals surface area (Å²) in [5.41, 5.74) is -0.509. The van der Waals surface area contributed by atoms with Gasteiger partial charge in [0.1, 0.15) is 23.1 Å². The molecule has 0 saturated heterocycles. The van der Waals surface area contributed by atoms with Crippen molar-refractivity contribution in [2.24, 2.45) is 0 Å². The van der Waals surface area contributed by atoms with Gasteiger partial charge in [0, 0.05) is 25.6 Å². The molecule has 0 aromatic heterocycles. The highest BCUT2D eigenvalue weighted by Crippen LogP contribution is 2.44. The zero-order chi connectivity index (χ0) is 20.2. The number of aliphatic hydroxyl groups is 2. The molecule has 9 nitrogen and oxygen atoms in total. The van der Waals surface area contributed by atoms with Crippen molar-refractivity contribution in [1.29, 1.82) is 0 Å². The summed E-state index contributed by atoms with van der Waals surface area (Å²) in [4.78, 5) is 22.1. The van der Waals surface area contributed by atoms with Gasteiger partial charge in [-0.25, -0.2) is 0 Å². The van der Waals surface area contributed by atoms with Gasteiger partial charge in [0.2, 0.25) is 5.91 Å². The van der Waals surface area contributed by atoms with Gasteiger partial charge in [-0.3, -0.25) is 14.9 Å². The number of nitro groups is 1. The molecule has 2 rings (SSSR count). The van der Waals surface area contributed by atoms with Gasteiger partial charge in [0.05, 0.1) is 17.0 Å². The smallest absolute Gasteiger partial charge is 0.296 e. The van der Waals surface area contributed by atoms with Crippen LogP contribution in [0, 0.1) is 10.1 Å². The summed E-state index contributed by atoms with van der Waals surface area (Å²) in [7, 11) is 1.00. The molecule has 2 atom stereocenters. The van der Waals surface area contributed by atoms with Crippen LogP contribution >= 0.6 is 0 Å². The van der Waals surface area contributed by atoms with E-state index in [0.717, 1.165) is 7.11 Å². The van der Waals surface area contributed by atoms with Gasteiger partial charge < -0.3 is 25.6 Å². The lowest BCUT2D eigenvalue weighted by molar-refractivity contribution is -0.384. The lowest BCUT2D eigenvalue weighted by Gasteiger charge is -2.43. The van der Waals surface area contributed by atoms with Crippen molar-refractivity contribution in [2.75, 3.05) is 12.4 Å². The van der Waals surface area contributed by atoms with Crippen molar-refractivity contribution in [3.8, 4) is 5.75 Å². The van der Waals surface area contributed by atoms with Crippen molar-refractivity contribution in [1.82, 2.24) is 5.32 Å². The van der Waals surface area contributed by atoms with Crippen LogP contribution in [0.15, 0.2) is 12.1 Å². The van der Waals surface area contributed by atoms with Crippen LogP contribution in [0.3, 0.4) is 0 Å². The number of nitro benzene ring substituents is 1. The van der Waals surface area contributed by atoms with Crippen molar-refractivity contribution >= 4 is 17.3 Å². The number of ether oxygens (including phenoxy) is 1. The Morgan fingerprint density at radius 3 is 2.38 bits per heavy atom. The van der Waals surface area contributed by atoms with Crippen LogP contribution in [-0.2, 0) is 4.79 Å². The second-order valence-electron chi connectivity index (χ2n) is 6.79. The summed E-state index contributed by atoms with van der Waals surface area (Å²) in [6, 6.07) is 2.39. The number of aliphatic hydroxyl groups excluding tert-OH is 2. The first-order valence-electron chi connectivity index (χ1n) is 8.20. The van der Waals surface area contributed by atoms with E-state index in [-0.39, 0.29) is 17.4 Å². The molecule has 1 amide bonds. The summed E-state index contributed by atoms with van der Waals surface area (Å²) in [5.74, 6) is -0.0896. The summed E-state index contributed by atoms with van der Waals surface area (Å²) in [6.45, 7) is 8.61. The first-order valence-corrected chi connectivity index (χ1v) is 8.20. The third-order valence-electron chi connectivity index (χ3n) is 3.88. The Hall–Kier alpha value is -2.23. The van der Waals surface area contributed by atoms with Gasteiger partial charge >= 0.3 is 0 Å². The monoisotopic (exact) mass is 369 g/mol. The van der Waals surface area contributed by atoms with E-state index in [9.17, 15) is 20.0 Å². The summed E-state index contributed by atoms with van der Waals surface area (Å²) >= 11 is 0. The highest BCUT2D eigenvalue weighted by Gasteiger charge is 2.44. The van der Waals surface area contributed by atoms with Gasteiger partial charge in [-0.2, -0.15) is 0 Å². The third kappa shape index (κ3) is 4.69. The average Bonchev–Trinajstić information content (AvgIpc) is 2.52. The van der Waals surface area contributed by atoms with E-state index in [2.05, 4.69) is 10.6 Å². The number of carbonyl (C=O) groups is 1.